The zero-order valence-corrected chi connectivity index (χ0v) is 10.7. The summed E-state index contributed by atoms with van der Waals surface area (Å²) in [7, 11) is 0. The number of rotatable bonds is 4. The fraction of sp³-hybridized carbons (Fsp3) is 0.308. The Labute approximate surface area is 115 Å². The van der Waals surface area contributed by atoms with E-state index < -0.39 is 6.10 Å². The van der Waals surface area contributed by atoms with Gasteiger partial charge in [-0.2, -0.15) is 5.10 Å². The second-order valence-electron chi connectivity index (χ2n) is 4.34. The highest BCUT2D eigenvalue weighted by molar-refractivity contribution is 5.81. The van der Waals surface area contributed by atoms with Crippen LogP contribution in [0.3, 0.4) is 0 Å². The molecule has 3 rings (SSSR count). The molecule has 2 N–H and O–H groups in total. The van der Waals surface area contributed by atoms with Crippen LogP contribution in [-0.2, 0) is 11.2 Å². The topological polar surface area (TPSA) is 89.1 Å². The fourth-order valence-electron chi connectivity index (χ4n) is 1.92. The van der Waals surface area contributed by atoms with Gasteiger partial charge in [0, 0.05) is 13.0 Å². The number of aromatic amines is 1. The Morgan fingerprint density at radius 1 is 1.40 bits per heavy atom. The number of nitrogens with zero attached hydrogens (tertiary/aromatic N) is 2. The van der Waals surface area contributed by atoms with Gasteiger partial charge in [0.25, 0.3) is 5.91 Å². The molecule has 1 aliphatic heterocycles. The van der Waals surface area contributed by atoms with Crippen molar-refractivity contribution in [1.29, 1.82) is 0 Å². The van der Waals surface area contributed by atoms with Gasteiger partial charge in [-0.15, -0.1) is 0 Å². The molecule has 2 aromatic rings. The molecule has 7 heteroatoms. The van der Waals surface area contributed by atoms with Gasteiger partial charge in [-0.05, 0) is 12.1 Å². The number of amides is 1. The number of hydrogen-bond donors (Lipinski definition) is 2. The van der Waals surface area contributed by atoms with E-state index in [0.29, 0.717) is 24.5 Å². The maximum absolute atomic E-state index is 12.0. The Morgan fingerprint density at radius 3 is 3.05 bits per heavy atom. The number of fused-ring (bicyclic) bond motifs is 1. The lowest BCUT2D eigenvalue weighted by Gasteiger charge is -2.25. The van der Waals surface area contributed by atoms with Gasteiger partial charge in [-0.1, -0.05) is 12.1 Å². The quantitative estimate of drug-likeness (QED) is 0.837. The van der Waals surface area contributed by atoms with Gasteiger partial charge < -0.3 is 14.8 Å². The maximum atomic E-state index is 12.0. The van der Waals surface area contributed by atoms with Gasteiger partial charge in [-0.3, -0.25) is 9.89 Å². The number of carbonyl (C=O) groups excluding carboxylic acids is 1. The summed E-state index contributed by atoms with van der Waals surface area (Å²) >= 11 is 0. The SMILES string of the molecule is O=C(NCCc1ncn[nH]1)C1COc2ccccc2O1. The first-order valence-electron chi connectivity index (χ1n) is 6.33. The third-order valence-electron chi connectivity index (χ3n) is 2.93. The standard InChI is InChI=1S/C13H14N4O3/c18-13(14-6-5-12-15-8-16-17-12)11-7-19-9-3-1-2-4-10(9)20-11/h1-4,8,11H,5-7H2,(H,14,18)(H,15,16,17). The van der Waals surface area contributed by atoms with E-state index in [2.05, 4.69) is 20.5 Å². The predicted octanol–water partition coefficient (Wildman–Crippen LogP) is 0.303. The number of carbonyl (C=O) groups is 1. The fourth-order valence-corrected chi connectivity index (χ4v) is 1.92. The van der Waals surface area contributed by atoms with Crippen LogP contribution in [0.4, 0.5) is 0 Å². The van der Waals surface area contributed by atoms with Crippen molar-refractivity contribution in [1.82, 2.24) is 20.5 Å². The van der Waals surface area contributed by atoms with Crippen LogP contribution in [0.5, 0.6) is 11.5 Å². The molecule has 0 spiro atoms. The second-order valence-corrected chi connectivity index (χ2v) is 4.34. The summed E-state index contributed by atoms with van der Waals surface area (Å²) in [6.45, 7) is 0.681. The van der Waals surface area contributed by atoms with Crippen molar-refractivity contribution in [3.8, 4) is 11.5 Å². The molecule has 2 heterocycles. The van der Waals surface area contributed by atoms with Crippen LogP contribution in [0.15, 0.2) is 30.6 Å². The summed E-state index contributed by atoms with van der Waals surface area (Å²) in [6.07, 6.45) is 1.40. The number of benzene rings is 1. The Bertz CT molecular complexity index is 585. The molecule has 20 heavy (non-hydrogen) atoms. The summed E-state index contributed by atoms with van der Waals surface area (Å²) in [5.41, 5.74) is 0. The normalized spacial score (nSPS) is 16.7. The molecular weight excluding hydrogens is 260 g/mol. The lowest BCUT2D eigenvalue weighted by atomic mass is 10.2. The van der Waals surface area contributed by atoms with Gasteiger partial charge >= 0.3 is 0 Å². The Kier molecular flexibility index (Phi) is 3.49. The Morgan fingerprint density at radius 2 is 2.25 bits per heavy atom. The van der Waals surface area contributed by atoms with Crippen LogP contribution in [0.25, 0.3) is 0 Å². The summed E-state index contributed by atoms with van der Waals surface area (Å²) in [4.78, 5) is 16.0. The van der Waals surface area contributed by atoms with Gasteiger partial charge in [0.1, 0.15) is 18.8 Å². The number of aromatic nitrogens is 3. The number of ether oxygens (including phenoxy) is 2. The summed E-state index contributed by atoms with van der Waals surface area (Å²) in [5, 5.41) is 9.27. The van der Waals surface area contributed by atoms with E-state index in [1.807, 2.05) is 18.2 Å². The van der Waals surface area contributed by atoms with Crippen molar-refractivity contribution in [2.45, 2.75) is 12.5 Å². The summed E-state index contributed by atoms with van der Waals surface area (Å²) < 4.78 is 11.1. The maximum Gasteiger partial charge on any atom is 0.264 e. The van der Waals surface area contributed by atoms with Gasteiger partial charge in [0.2, 0.25) is 6.10 Å². The lowest BCUT2D eigenvalue weighted by molar-refractivity contribution is -0.130. The minimum absolute atomic E-state index is 0.195. The molecule has 0 saturated heterocycles. The van der Waals surface area contributed by atoms with Crippen molar-refractivity contribution >= 4 is 5.91 Å². The smallest absolute Gasteiger partial charge is 0.264 e. The lowest BCUT2D eigenvalue weighted by Crippen LogP contribution is -2.44. The van der Waals surface area contributed by atoms with Crippen LogP contribution < -0.4 is 14.8 Å². The number of nitrogens with one attached hydrogen (secondary N) is 2. The molecule has 1 unspecified atom stereocenters. The van der Waals surface area contributed by atoms with Crippen LogP contribution in [0.1, 0.15) is 5.82 Å². The molecular formula is C13H14N4O3. The van der Waals surface area contributed by atoms with Gasteiger partial charge in [-0.25, -0.2) is 4.98 Å². The second kappa shape index (κ2) is 5.60. The molecule has 1 aliphatic rings. The van der Waals surface area contributed by atoms with Crippen LogP contribution in [0, 0.1) is 0 Å². The number of H-pyrrole nitrogens is 1. The molecule has 0 aliphatic carbocycles. The Hall–Kier alpha value is -2.57. The highest BCUT2D eigenvalue weighted by Gasteiger charge is 2.26. The molecule has 1 aromatic carbocycles. The molecule has 0 bridgehead atoms. The molecule has 0 fully saturated rings. The minimum Gasteiger partial charge on any atom is -0.485 e. The van der Waals surface area contributed by atoms with Crippen molar-refractivity contribution in [2.75, 3.05) is 13.2 Å². The van der Waals surface area contributed by atoms with Crippen LogP contribution in [0.2, 0.25) is 0 Å². The van der Waals surface area contributed by atoms with Crippen molar-refractivity contribution in [3.63, 3.8) is 0 Å². The molecule has 7 nitrogen and oxygen atoms in total. The molecule has 104 valence electrons. The third kappa shape index (κ3) is 2.71. The molecule has 1 atom stereocenters. The van der Waals surface area contributed by atoms with Crippen LogP contribution in [-0.4, -0.2) is 40.3 Å². The molecule has 0 radical (unpaired) electrons. The average molecular weight is 274 g/mol. The minimum atomic E-state index is -0.625. The van der Waals surface area contributed by atoms with E-state index >= 15 is 0 Å². The average Bonchev–Trinajstić information content (AvgIpc) is 3.00. The summed E-state index contributed by atoms with van der Waals surface area (Å²) in [6, 6.07) is 7.29. The van der Waals surface area contributed by atoms with E-state index in [4.69, 9.17) is 9.47 Å². The number of hydrogen-bond acceptors (Lipinski definition) is 5. The van der Waals surface area contributed by atoms with E-state index in [0.717, 1.165) is 5.82 Å². The van der Waals surface area contributed by atoms with E-state index in [1.54, 1.807) is 6.07 Å². The van der Waals surface area contributed by atoms with E-state index in [9.17, 15) is 4.79 Å². The first-order valence-corrected chi connectivity index (χ1v) is 6.33. The Balaban J connectivity index is 1.51. The summed E-state index contributed by atoms with van der Waals surface area (Å²) in [5.74, 6) is 1.79. The predicted molar refractivity (Wildman–Crippen MR) is 69.4 cm³/mol. The molecule has 1 aromatic heterocycles. The van der Waals surface area contributed by atoms with Gasteiger partial charge in [0.15, 0.2) is 11.5 Å². The highest BCUT2D eigenvalue weighted by atomic mass is 16.6. The molecule has 1 amide bonds. The van der Waals surface area contributed by atoms with Crippen LogP contribution >= 0.6 is 0 Å². The third-order valence-corrected chi connectivity index (χ3v) is 2.93. The highest BCUT2D eigenvalue weighted by Crippen LogP contribution is 2.30. The zero-order chi connectivity index (χ0) is 13.8. The number of para-hydroxylation sites is 2. The molecule has 0 saturated carbocycles. The van der Waals surface area contributed by atoms with Crippen molar-refractivity contribution < 1.29 is 14.3 Å². The van der Waals surface area contributed by atoms with Crippen molar-refractivity contribution in [3.05, 3.63) is 36.4 Å². The zero-order valence-electron chi connectivity index (χ0n) is 10.7. The van der Waals surface area contributed by atoms with E-state index in [-0.39, 0.29) is 12.5 Å². The first-order chi connectivity index (χ1) is 9.83. The van der Waals surface area contributed by atoms with Crippen molar-refractivity contribution in [2.24, 2.45) is 0 Å². The van der Waals surface area contributed by atoms with E-state index in [1.165, 1.54) is 6.33 Å². The van der Waals surface area contributed by atoms with Gasteiger partial charge in [0.05, 0.1) is 0 Å². The monoisotopic (exact) mass is 274 g/mol. The first kappa shape index (κ1) is 12.5. The largest absolute Gasteiger partial charge is 0.485 e.